The van der Waals surface area contributed by atoms with Gasteiger partial charge in [-0.2, -0.15) is 0 Å². The van der Waals surface area contributed by atoms with Crippen LogP contribution < -0.4 is 4.74 Å². The van der Waals surface area contributed by atoms with Crippen molar-refractivity contribution in [1.29, 1.82) is 0 Å². The first kappa shape index (κ1) is 10.2. The Morgan fingerprint density at radius 3 is 2.41 bits per heavy atom. The highest BCUT2D eigenvalue weighted by atomic mass is 16.5. The predicted molar refractivity (Wildman–Crippen MR) is 69.1 cm³/mol. The maximum atomic E-state index is 6.10. The molecule has 1 atom stereocenters. The lowest BCUT2D eigenvalue weighted by Crippen LogP contribution is -2.42. The van der Waals surface area contributed by atoms with Crippen LogP contribution in [0.3, 0.4) is 0 Å². The molecule has 2 aromatic rings. The van der Waals surface area contributed by atoms with E-state index < -0.39 is 0 Å². The minimum absolute atomic E-state index is 0.335. The van der Waals surface area contributed by atoms with Gasteiger partial charge in [-0.05, 0) is 23.8 Å². The lowest BCUT2D eigenvalue weighted by atomic mass is 9.73. The van der Waals surface area contributed by atoms with Crippen LogP contribution >= 0.6 is 0 Å². The van der Waals surface area contributed by atoms with E-state index in [1.54, 1.807) is 0 Å². The van der Waals surface area contributed by atoms with E-state index in [-0.39, 0.29) is 5.60 Å². The van der Waals surface area contributed by atoms with Gasteiger partial charge in [-0.1, -0.05) is 49.0 Å². The van der Waals surface area contributed by atoms with E-state index >= 15 is 0 Å². The molecule has 1 unspecified atom stereocenters. The fraction of sp³-hybridized carbons (Fsp3) is 0.125. The number of hydrogen-bond acceptors (Lipinski definition) is 1. The van der Waals surface area contributed by atoms with Crippen molar-refractivity contribution in [2.45, 2.75) is 12.0 Å². The maximum Gasteiger partial charge on any atom is 0.156 e. The first-order valence-corrected chi connectivity index (χ1v) is 5.80. The van der Waals surface area contributed by atoms with E-state index in [0.717, 1.165) is 12.2 Å². The molecule has 0 aromatic heterocycles. The van der Waals surface area contributed by atoms with Gasteiger partial charge in [0.15, 0.2) is 5.60 Å². The van der Waals surface area contributed by atoms with Crippen LogP contribution in [0.5, 0.6) is 5.75 Å². The summed E-state index contributed by atoms with van der Waals surface area (Å²) in [5.41, 5.74) is 2.25. The maximum absolute atomic E-state index is 6.10. The zero-order valence-corrected chi connectivity index (χ0v) is 9.60. The van der Waals surface area contributed by atoms with Gasteiger partial charge in [-0.25, -0.2) is 0 Å². The number of hydrogen-bond donors (Lipinski definition) is 0. The number of fused-ring (bicyclic) bond motifs is 1. The molecule has 1 heteroatoms. The summed E-state index contributed by atoms with van der Waals surface area (Å²) in [5.74, 6) is 0.891. The van der Waals surface area contributed by atoms with Gasteiger partial charge in [0.2, 0.25) is 0 Å². The minimum atomic E-state index is -0.335. The number of ether oxygens (including phenoxy) is 1. The molecule has 1 aliphatic carbocycles. The number of benzene rings is 2. The smallest absolute Gasteiger partial charge is 0.156 e. The Kier molecular flexibility index (Phi) is 2.25. The van der Waals surface area contributed by atoms with Crippen molar-refractivity contribution in [3.63, 3.8) is 0 Å². The highest BCUT2D eigenvalue weighted by Gasteiger charge is 2.42. The summed E-state index contributed by atoms with van der Waals surface area (Å²) in [6, 6.07) is 18.3. The molecule has 1 nitrogen and oxygen atoms in total. The van der Waals surface area contributed by atoms with E-state index in [2.05, 4.69) is 24.8 Å². The van der Waals surface area contributed by atoms with Gasteiger partial charge in [-0.15, -0.1) is 0 Å². The molecular weight excluding hydrogens is 208 g/mol. The standard InChI is InChI=1S/C16H14O/c1-2-16(17-14-9-4-3-5-10-14)12-13-8-6-7-11-15(13)16/h2-11H,1,12H2. The topological polar surface area (TPSA) is 9.23 Å². The lowest BCUT2D eigenvalue weighted by Gasteiger charge is -2.41. The Balaban J connectivity index is 1.95. The highest BCUT2D eigenvalue weighted by molar-refractivity contribution is 5.47. The zero-order valence-electron chi connectivity index (χ0n) is 9.60. The van der Waals surface area contributed by atoms with E-state index in [0.29, 0.717) is 0 Å². The Morgan fingerprint density at radius 2 is 1.71 bits per heavy atom. The summed E-state index contributed by atoms with van der Waals surface area (Å²) in [5, 5.41) is 0. The predicted octanol–water partition coefficient (Wildman–Crippen LogP) is 3.70. The lowest BCUT2D eigenvalue weighted by molar-refractivity contribution is 0.0944. The molecule has 17 heavy (non-hydrogen) atoms. The molecule has 0 saturated carbocycles. The Hall–Kier alpha value is -2.02. The summed E-state index contributed by atoms with van der Waals surface area (Å²) < 4.78 is 6.10. The van der Waals surface area contributed by atoms with Crippen LogP contribution in [0.1, 0.15) is 11.1 Å². The van der Waals surface area contributed by atoms with Crippen LogP contribution in [-0.2, 0) is 12.0 Å². The summed E-state index contributed by atoms with van der Waals surface area (Å²) in [6.45, 7) is 3.92. The molecule has 84 valence electrons. The summed E-state index contributed by atoms with van der Waals surface area (Å²) in [6.07, 6.45) is 2.81. The van der Waals surface area contributed by atoms with Crippen LogP contribution in [0.15, 0.2) is 67.3 Å². The molecule has 0 radical (unpaired) electrons. The normalized spacial score (nSPS) is 21.2. The first-order chi connectivity index (χ1) is 8.34. The average molecular weight is 222 g/mol. The Morgan fingerprint density at radius 1 is 1.00 bits per heavy atom. The van der Waals surface area contributed by atoms with Gasteiger partial charge in [0.1, 0.15) is 5.75 Å². The second-order valence-corrected chi connectivity index (χ2v) is 4.34. The molecule has 0 bridgehead atoms. The molecule has 0 amide bonds. The molecule has 0 fully saturated rings. The second-order valence-electron chi connectivity index (χ2n) is 4.34. The van der Waals surface area contributed by atoms with Crippen LogP contribution in [0.2, 0.25) is 0 Å². The van der Waals surface area contributed by atoms with Gasteiger partial charge in [0, 0.05) is 12.0 Å². The molecule has 2 aromatic carbocycles. The average Bonchev–Trinajstić information content (AvgIpc) is 2.37. The van der Waals surface area contributed by atoms with Crippen LogP contribution in [0.25, 0.3) is 0 Å². The SMILES string of the molecule is C=CC1(Oc2ccccc2)Cc2ccccc21. The molecule has 1 aliphatic rings. The Bertz CT molecular complexity index is 544. The van der Waals surface area contributed by atoms with Crippen LogP contribution in [0, 0.1) is 0 Å². The monoisotopic (exact) mass is 222 g/mol. The van der Waals surface area contributed by atoms with Gasteiger partial charge < -0.3 is 4.74 Å². The van der Waals surface area contributed by atoms with Crippen molar-refractivity contribution in [2.75, 3.05) is 0 Å². The highest BCUT2D eigenvalue weighted by Crippen LogP contribution is 2.43. The summed E-state index contributed by atoms with van der Waals surface area (Å²) in [4.78, 5) is 0. The number of rotatable bonds is 3. The van der Waals surface area contributed by atoms with Crippen molar-refractivity contribution >= 4 is 0 Å². The van der Waals surface area contributed by atoms with Crippen molar-refractivity contribution in [1.82, 2.24) is 0 Å². The third-order valence-electron chi connectivity index (χ3n) is 3.30. The molecule has 0 heterocycles. The van der Waals surface area contributed by atoms with Crippen LogP contribution in [0.4, 0.5) is 0 Å². The van der Waals surface area contributed by atoms with Gasteiger partial charge in [0.05, 0.1) is 0 Å². The third-order valence-corrected chi connectivity index (χ3v) is 3.30. The van der Waals surface area contributed by atoms with E-state index in [1.807, 2.05) is 42.5 Å². The molecule has 0 aliphatic heterocycles. The zero-order chi connectivity index (χ0) is 11.7. The molecule has 0 saturated heterocycles. The van der Waals surface area contributed by atoms with Gasteiger partial charge in [-0.3, -0.25) is 0 Å². The fourth-order valence-electron chi connectivity index (χ4n) is 2.37. The van der Waals surface area contributed by atoms with Crippen molar-refractivity contribution in [3.8, 4) is 5.75 Å². The van der Waals surface area contributed by atoms with E-state index in [4.69, 9.17) is 4.74 Å². The Labute approximate surface area is 101 Å². The second kappa shape index (κ2) is 3.77. The minimum Gasteiger partial charge on any atom is -0.478 e. The molecule has 0 spiro atoms. The van der Waals surface area contributed by atoms with Crippen LogP contribution in [-0.4, -0.2) is 0 Å². The third kappa shape index (κ3) is 1.55. The largest absolute Gasteiger partial charge is 0.478 e. The molecule has 3 rings (SSSR count). The number of para-hydroxylation sites is 1. The van der Waals surface area contributed by atoms with Gasteiger partial charge >= 0.3 is 0 Å². The van der Waals surface area contributed by atoms with Crippen molar-refractivity contribution in [2.24, 2.45) is 0 Å². The first-order valence-electron chi connectivity index (χ1n) is 5.80. The van der Waals surface area contributed by atoms with E-state index in [1.165, 1.54) is 11.1 Å². The quantitative estimate of drug-likeness (QED) is 0.719. The summed E-state index contributed by atoms with van der Waals surface area (Å²) >= 11 is 0. The van der Waals surface area contributed by atoms with E-state index in [9.17, 15) is 0 Å². The summed E-state index contributed by atoms with van der Waals surface area (Å²) in [7, 11) is 0. The molecular formula is C16H14O. The fourth-order valence-corrected chi connectivity index (χ4v) is 2.37. The van der Waals surface area contributed by atoms with Crippen molar-refractivity contribution < 1.29 is 4.74 Å². The molecule has 0 N–H and O–H groups in total. The van der Waals surface area contributed by atoms with Gasteiger partial charge in [0.25, 0.3) is 0 Å². The van der Waals surface area contributed by atoms with Crippen molar-refractivity contribution in [3.05, 3.63) is 78.4 Å².